The van der Waals surface area contributed by atoms with Crippen molar-refractivity contribution in [1.82, 2.24) is 0 Å². The van der Waals surface area contributed by atoms with E-state index in [0.717, 1.165) is 24.3 Å². The second-order valence-electron chi connectivity index (χ2n) is 3.73. The van der Waals surface area contributed by atoms with Gasteiger partial charge in [-0.25, -0.2) is 8.42 Å². The van der Waals surface area contributed by atoms with Crippen molar-refractivity contribution < 1.29 is 26.5 Å². The molecule has 0 spiro atoms. The third-order valence-corrected chi connectivity index (χ3v) is 4.12. The first-order valence-electron chi connectivity index (χ1n) is 5.02. The fraction of sp³-hybridized carbons (Fsp3) is 0.300. The zero-order chi connectivity index (χ0) is 15.6. The van der Waals surface area contributed by atoms with Crippen molar-refractivity contribution in [3.05, 3.63) is 34.4 Å². The second-order valence-corrected chi connectivity index (χ2v) is 5.73. The van der Waals surface area contributed by atoms with Gasteiger partial charge in [0.1, 0.15) is 4.90 Å². The molecule has 0 N–H and O–H groups in total. The molecule has 1 unspecified atom stereocenters. The molecule has 0 aromatic heterocycles. The maximum Gasteiger partial charge on any atom is 0.405 e. The summed E-state index contributed by atoms with van der Waals surface area (Å²) < 4.78 is 60.9. The van der Waals surface area contributed by atoms with Crippen molar-refractivity contribution in [2.45, 2.75) is 11.1 Å². The number of nitrogens with zero attached hydrogens (tertiary/aromatic N) is 2. The quantitative estimate of drug-likeness (QED) is 0.626. The first-order chi connectivity index (χ1) is 9.09. The van der Waals surface area contributed by atoms with Crippen LogP contribution in [0.3, 0.4) is 0 Å². The molecule has 0 amide bonds. The molecule has 1 atom stereocenters. The van der Waals surface area contributed by atoms with Crippen molar-refractivity contribution in [2.75, 3.05) is 5.75 Å². The van der Waals surface area contributed by atoms with Gasteiger partial charge in [0.05, 0.1) is 16.7 Å². The number of sulfone groups is 1. The minimum Gasteiger partial charge on any atom is -0.258 e. The average Bonchev–Trinajstić information content (AvgIpc) is 2.34. The Balaban J connectivity index is 3.26. The highest BCUT2D eigenvalue weighted by Gasteiger charge is 2.44. The number of halogens is 3. The van der Waals surface area contributed by atoms with E-state index in [4.69, 9.17) is 5.26 Å². The lowest BCUT2D eigenvalue weighted by atomic mass is 10.2. The lowest BCUT2D eigenvalue weighted by Gasteiger charge is -2.13. The van der Waals surface area contributed by atoms with E-state index in [1.807, 2.05) is 0 Å². The molecule has 0 saturated heterocycles. The van der Waals surface area contributed by atoms with Crippen LogP contribution in [0.15, 0.2) is 29.2 Å². The first kappa shape index (κ1) is 15.9. The van der Waals surface area contributed by atoms with Crippen molar-refractivity contribution in [3.8, 4) is 6.07 Å². The van der Waals surface area contributed by atoms with Gasteiger partial charge in [-0.05, 0) is 6.07 Å². The van der Waals surface area contributed by atoms with E-state index in [0.29, 0.717) is 0 Å². The summed E-state index contributed by atoms with van der Waals surface area (Å²) in [7, 11) is -4.61. The summed E-state index contributed by atoms with van der Waals surface area (Å²) in [5, 5.41) is 19.1. The Kier molecular flexibility index (Phi) is 4.34. The average molecular weight is 308 g/mol. The molecule has 0 fully saturated rings. The molecule has 1 aromatic rings. The van der Waals surface area contributed by atoms with E-state index in [1.54, 1.807) is 0 Å². The lowest BCUT2D eigenvalue weighted by molar-refractivity contribution is -0.387. The van der Waals surface area contributed by atoms with E-state index >= 15 is 0 Å². The smallest absolute Gasteiger partial charge is 0.258 e. The summed E-state index contributed by atoms with van der Waals surface area (Å²) in [5.74, 6) is -4.30. The predicted octanol–water partition coefficient (Wildman–Crippen LogP) is 2.07. The van der Waals surface area contributed by atoms with E-state index in [-0.39, 0.29) is 0 Å². The number of rotatable bonds is 4. The van der Waals surface area contributed by atoms with Crippen LogP contribution in [0.1, 0.15) is 0 Å². The van der Waals surface area contributed by atoms with Crippen LogP contribution in [-0.2, 0) is 9.84 Å². The molecule has 10 heteroatoms. The van der Waals surface area contributed by atoms with Gasteiger partial charge in [0.25, 0.3) is 5.69 Å². The van der Waals surface area contributed by atoms with E-state index < -0.39 is 43.2 Å². The van der Waals surface area contributed by atoms with Crippen LogP contribution in [0, 0.1) is 27.4 Å². The molecule has 0 aliphatic carbocycles. The van der Waals surface area contributed by atoms with Crippen molar-refractivity contribution in [1.29, 1.82) is 5.26 Å². The van der Waals surface area contributed by atoms with Gasteiger partial charge in [0.2, 0.25) is 0 Å². The number of nitro benzene ring substituents is 1. The lowest BCUT2D eigenvalue weighted by Crippen LogP contribution is -2.29. The van der Waals surface area contributed by atoms with Gasteiger partial charge in [0, 0.05) is 6.07 Å². The topological polar surface area (TPSA) is 101 Å². The summed E-state index contributed by atoms with van der Waals surface area (Å²) in [6.07, 6.45) is -5.02. The Labute approximate surface area is 111 Å². The third-order valence-electron chi connectivity index (χ3n) is 2.33. The van der Waals surface area contributed by atoms with Gasteiger partial charge in [-0.15, -0.1) is 0 Å². The van der Waals surface area contributed by atoms with Crippen molar-refractivity contribution in [2.24, 2.45) is 5.92 Å². The molecular formula is C10H7F3N2O4S. The number of hydrogen-bond acceptors (Lipinski definition) is 5. The van der Waals surface area contributed by atoms with Crippen LogP contribution < -0.4 is 0 Å². The maximum absolute atomic E-state index is 12.4. The van der Waals surface area contributed by atoms with Crippen LogP contribution in [-0.4, -0.2) is 25.3 Å². The Morgan fingerprint density at radius 1 is 1.35 bits per heavy atom. The molecule has 0 radical (unpaired) electrons. The number of nitro groups is 1. The standard InChI is InChI=1S/C10H7F3N2O4S/c11-10(12,13)7(5-14)6-20(18,19)9-4-2-1-3-8(9)15(16)17/h1-4,7H,6H2. The summed E-state index contributed by atoms with van der Waals surface area (Å²) in [4.78, 5) is 8.82. The van der Waals surface area contributed by atoms with E-state index in [1.165, 1.54) is 6.07 Å². The molecule has 108 valence electrons. The Bertz CT molecular complexity index is 664. The predicted molar refractivity (Wildman–Crippen MR) is 60.3 cm³/mol. The fourth-order valence-electron chi connectivity index (χ4n) is 1.39. The molecule has 1 rings (SSSR count). The third kappa shape index (κ3) is 3.45. The monoisotopic (exact) mass is 308 g/mol. The summed E-state index contributed by atoms with van der Waals surface area (Å²) >= 11 is 0. The number of benzene rings is 1. The summed E-state index contributed by atoms with van der Waals surface area (Å²) in [6.45, 7) is 0. The van der Waals surface area contributed by atoms with E-state index in [9.17, 15) is 31.7 Å². The van der Waals surface area contributed by atoms with Crippen LogP contribution in [0.5, 0.6) is 0 Å². The van der Waals surface area contributed by atoms with Crippen molar-refractivity contribution >= 4 is 15.5 Å². The minimum atomic E-state index is -5.02. The second kappa shape index (κ2) is 5.46. The summed E-state index contributed by atoms with van der Waals surface area (Å²) in [6, 6.07) is 4.87. The largest absolute Gasteiger partial charge is 0.405 e. The van der Waals surface area contributed by atoms with E-state index in [2.05, 4.69) is 0 Å². The SMILES string of the molecule is N#CC(CS(=O)(=O)c1ccccc1[N+](=O)[O-])C(F)(F)F. The first-order valence-corrected chi connectivity index (χ1v) is 6.67. The Hall–Kier alpha value is -2.15. The molecule has 0 aliphatic heterocycles. The number of nitriles is 1. The minimum absolute atomic E-state index is 0.827. The Morgan fingerprint density at radius 2 is 1.90 bits per heavy atom. The molecule has 0 aliphatic rings. The van der Waals surface area contributed by atoms with Gasteiger partial charge in [-0.3, -0.25) is 10.1 Å². The highest BCUT2D eigenvalue weighted by atomic mass is 32.2. The zero-order valence-corrected chi connectivity index (χ0v) is 10.5. The normalized spacial score (nSPS) is 13.5. The Morgan fingerprint density at radius 3 is 2.35 bits per heavy atom. The number of alkyl halides is 3. The number of hydrogen-bond donors (Lipinski definition) is 0. The van der Waals surface area contributed by atoms with Gasteiger partial charge >= 0.3 is 6.18 Å². The fourth-order valence-corrected chi connectivity index (χ4v) is 3.01. The van der Waals surface area contributed by atoms with Crippen LogP contribution in [0.4, 0.5) is 18.9 Å². The zero-order valence-electron chi connectivity index (χ0n) is 9.66. The van der Waals surface area contributed by atoms with Crippen LogP contribution >= 0.6 is 0 Å². The summed E-state index contributed by atoms with van der Waals surface area (Å²) in [5.41, 5.74) is -0.827. The molecular weight excluding hydrogens is 301 g/mol. The van der Waals surface area contributed by atoms with Crippen LogP contribution in [0.25, 0.3) is 0 Å². The molecule has 6 nitrogen and oxygen atoms in total. The van der Waals surface area contributed by atoms with Gasteiger partial charge in [-0.1, -0.05) is 12.1 Å². The maximum atomic E-state index is 12.4. The van der Waals surface area contributed by atoms with Gasteiger partial charge in [-0.2, -0.15) is 18.4 Å². The molecule has 0 saturated carbocycles. The highest BCUT2D eigenvalue weighted by Crippen LogP contribution is 2.31. The number of para-hydroxylation sites is 1. The van der Waals surface area contributed by atoms with Crippen LogP contribution in [0.2, 0.25) is 0 Å². The molecule has 1 aromatic carbocycles. The highest BCUT2D eigenvalue weighted by molar-refractivity contribution is 7.91. The molecule has 0 bridgehead atoms. The van der Waals surface area contributed by atoms with Gasteiger partial charge < -0.3 is 0 Å². The van der Waals surface area contributed by atoms with Gasteiger partial charge in [0.15, 0.2) is 15.8 Å². The molecule has 20 heavy (non-hydrogen) atoms. The van der Waals surface area contributed by atoms with Crippen molar-refractivity contribution in [3.63, 3.8) is 0 Å². The molecule has 0 heterocycles.